The molecule has 0 amide bonds. The van der Waals surface area contributed by atoms with E-state index in [-0.39, 0.29) is 18.7 Å². The SMILES string of the molecule is CCCCN(C)C(CO)C(N)CC. The van der Waals surface area contributed by atoms with Crippen LogP contribution in [0, 0.1) is 0 Å². The van der Waals surface area contributed by atoms with Gasteiger partial charge in [0, 0.05) is 12.1 Å². The lowest BCUT2D eigenvalue weighted by atomic mass is 10.1. The molecule has 0 aliphatic rings. The molecular formula is C10H24N2O. The van der Waals surface area contributed by atoms with Crippen LogP contribution in [0.25, 0.3) is 0 Å². The van der Waals surface area contributed by atoms with Gasteiger partial charge in [0.05, 0.1) is 6.61 Å². The molecule has 0 spiro atoms. The predicted molar refractivity (Wildman–Crippen MR) is 56.7 cm³/mol. The van der Waals surface area contributed by atoms with E-state index < -0.39 is 0 Å². The molecule has 0 rings (SSSR count). The van der Waals surface area contributed by atoms with Crippen molar-refractivity contribution in [2.75, 3.05) is 20.2 Å². The standard InChI is InChI=1S/C10H24N2O/c1-4-6-7-12(3)10(8-13)9(11)5-2/h9-10,13H,4-8,11H2,1-3H3. The Hall–Kier alpha value is -0.120. The molecule has 0 aliphatic heterocycles. The van der Waals surface area contributed by atoms with Crippen molar-refractivity contribution in [2.45, 2.75) is 45.2 Å². The van der Waals surface area contributed by atoms with E-state index >= 15 is 0 Å². The van der Waals surface area contributed by atoms with Crippen LogP contribution in [0.2, 0.25) is 0 Å². The van der Waals surface area contributed by atoms with E-state index in [0.29, 0.717) is 0 Å². The molecule has 0 radical (unpaired) electrons. The fourth-order valence-electron chi connectivity index (χ4n) is 1.45. The second kappa shape index (κ2) is 7.30. The summed E-state index contributed by atoms with van der Waals surface area (Å²) >= 11 is 0. The number of hydrogen-bond acceptors (Lipinski definition) is 3. The molecule has 0 aliphatic carbocycles. The summed E-state index contributed by atoms with van der Waals surface area (Å²) in [6, 6.07) is 0.211. The van der Waals surface area contributed by atoms with E-state index in [1.807, 2.05) is 7.05 Å². The minimum Gasteiger partial charge on any atom is -0.395 e. The van der Waals surface area contributed by atoms with Crippen LogP contribution in [0.5, 0.6) is 0 Å². The average molecular weight is 188 g/mol. The fourth-order valence-corrected chi connectivity index (χ4v) is 1.45. The summed E-state index contributed by atoms with van der Waals surface area (Å²) in [5.41, 5.74) is 5.90. The molecule has 0 saturated carbocycles. The first-order valence-electron chi connectivity index (χ1n) is 5.24. The van der Waals surface area contributed by atoms with Gasteiger partial charge in [-0.15, -0.1) is 0 Å². The van der Waals surface area contributed by atoms with E-state index in [2.05, 4.69) is 18.7 Å². The Labute approximate surface area is 81.9 Å². The number of nitrogens with zero attached hydrogens (tertiary/aromatic N) is 1. The highest BCUT2D eigenvalue weighted by atomic mass is 16.3. The van der Waals surface area contributed by atoms with Crippen molar-refractivity contribution >= 4 is 0 Å². The molecule has 80 valence electrons. The summed E-state index contributed by atoms with van der Waals surface area (Å²) in [6.45, 7) is 5.41. The highest BCUT2D eigenvalue weighted by Crippen LogP contribution is 2.04. The summed E-state index contributed by atoms with van der Waals surface area (Å²) in [5.74, 6) is 0. The first kappa shape index (κ1) is 12.9. The Bertz CT molecular complexity index is 119. The smallest absolute Gasteiger partial charge is 0.0601 e. The quantitative estimate of drug-likeness (QED) is 0.622. The normalized spacial score (nSPS) is 16.2. The number of aliphatic hydroxyl groups is 1. The maximum absolute atomic E-state index is 9.18. The Morgan fingerprint density at radius 2 is 2.00 bits per heavy atom. The van der Waals surface area contributed by atoms with Gasteiger partial charge in [0.2, 0.25) is 0 Å². The van der Waals surface area contributed by atoms with Crippen LogP contribution < -0.4 is 5.73 Å². The van der Waals surface area contributed by atoms with Crippen LogP contribution >= 0.6 is 0 Å². The van der Waals surface area contributed by atoms with Gasteiger partial charge in [0.1, 0.15) is 0 Å². The van der Waals surface area contributed by atoms with E-state index in [4.69, 9.17) is 5.73 Å². The first-order chi connectivity index (χ1) is 6.17. The molecule has 0 heterocycles. The molecule has 2 unspecified atom stereocenters. The molecule has 13 heavy (non-hydrogen) atoms. The molecule has 0 aromatic heterocycles. The lowest BCUT2D eigenvalue weighted by Crippen LogP contribution is -2.48. The zero-order chi connectivity index (χ0) is 10.3. The molecule has 0 bridgehead atoms. The first-order valence-corrected chi connectivity index (χ1v) is 5.24. The van der Waals surface area contributed by atoms with Crippen LogP contribution in [0.4, 0.5) is 0 Å². The minimum absolute atomic E-state index is 0.0897. The Balaban J connectivity index is 3.90. The molecule has 0 aromatic rings. The van der Waals surface area contributed by atoms with Crippen molar-refractivity contribution in [1.29, 1.82) is 0 Å². The van der Waals surface area contributed by atoms with E-state index in [1.165, 1.54) is 12.8 Å². The van der Waals surface area contributed by atoms with Gasteiger partial charge in [0.15, 0.2) is 0 Å². The second-order valence-corrected chi connectivity index (χ2v) is 3.66. The van der Waals surface area contributed by atoms with Gasteiger partial charge in [-0.25, -0.2) is 0 Å². The van der Waals surface area contributed by atoms with Crippen molar-refractivity contribution in [1.82, 2.24) is 4.90 Å². The average Bonchev–Trinajstić information content (AvgIpc) is 2.15. The van der Waals surface area contributed by atoms with Crippen molar-refractivity contribution in [3.63, 3.8) is 0 Å². The number of aliphatic hydroxyl groups excluding tert-OH is 1. The molecule has 3 heteroatoms. The van der Waals surface area contributed by atoms with Crippen molar-refractivity contribution in [3.05, 3.63) is 0 Å². The zero-order valence-electron chi connectivity index (χ0n) is 9.16. The third kappa shape index (κ3) is 4.60. The summed E-state index contributed by atoms with van der Waals surface area (Å²) in [6.07, 6.45) is 3.27. The third-order valence-corrected chi connectivity index (χ3v) is 2.58. The largest absolute Gasteiger partial charge is 0.395 e. The van der Waals surface area contributed by atoms with Gasteiger partial charge in [0.25, 0.3) is 0 Å². The van der Waals surface area contributed by atoms with Gasteiger partial charge in [-0.2, -0.15) is 0 Å². The van der Waals surface area contributed by atoms with Crippen LogP contribution in [-0.2, 0) is 0 Å². The van der Waals surface area contributed by atoms with Crippen LogP contribution in [0.3, 0.4) is 0 Å². The predicted octanol–water partition coefficient (Wildman–Crippen LogP) is 0.817. The maximum Gasteiger partial charge on any atom is 0.0601 e. The molecule has 0 fully saturated rings. The minimum atomic E-state index is 0.0897. The van der Waals surface area contributed by atoms with Gasteiger partial charge in [-0.1, -0.05) is 20.3 Å². The van der Waals surface area contributed by atoms with E-state index in [1.54, 1.807) is 0 Å². The number of nitrogens with two attached hydrogens (primary N) is 1. The summed E-state index contributed by atoms with van der Waals surface area (Å²) in [5, 5.41) is 9.18. The topological polar surface area (TPSA) is 49.5 Å². The number of rotatable bonds is 7. The number of hydrogen-bond donors (Lipinski definition) is 2. The molecular weight excluding hydrogens is 164 g/mol. The van der Waals surface area contributed by atoms with Gasteiger partial charge in [-0.3, -0.25) is 4.90 Å². The lowest BCUT2D eigenvalue weighted by Gasteiger charge is -2.30. The number of unbranched alkanes of at least 4 members (excludes halogenated alkanes) is 1. The monoisotopic (exact) mass is 188 g/mol. The molecule has 0 aromatic carbocycles. The maximum atomic E-state index is 9.18. The summed E-state index contributed by atoms with van der Waals surface area (Å²) < 4.78 is 0. The zero-order valence-corrected chi connectivity index (χ0v) is 9.16. The van der Waals surface area contributed by atoms with Crippen molar-refractivity contribution < 1.29 is 5.11 Å². The van der Waals surface area contributed by atoms with Crippen molar-refractivity contribution in [3.8, 4) is 0 Å². The van der Waals surface area contributed by atoms with Crippen molar-refractivity contribution in [2.24, 2.45) is 5.73 Å². The Morgan fingerprint density at radius 3 is 2.38 bits per heavy atom. The second-order valence-electron chi connectivity index (χ2n) is 3.66. The highest BCUT2D eigenvalue weighted by Gasteiger charge is 2.19. The van der Waals surface area contributed by atoms with Crippen LogP contribution in [0.15, 0.2) is 0 Å². The molecule has 2 atom stereocenters. The lowest BCUT2D eigenvalue weighted by molar-refractivity contribution is 0.124. The molecule has 3 nitrogen and oxygen atoms in total. The van der Waals surface area contributed by atoms with Gasteiger partial charge in [-0.05, 0) is 26.4 Å². The summed E-state index contributed by atoms with van der Waals surface area (Å²) in [4.78, 5) is 2.16. The Morgan fingerprint density at radius 1 is 1.38 bits per heavy atom. The molecule has 3 N–H and O–H groups in total. The highest BCUT2D eigenvalue weighted by molar-refractivity contribution is 4.78. The number of likely N-dealkylation sites (N-methyl/N-ethyl adjacent to an activating group) is 1. The molecule has 0 saturated heterocycles. The van der Waals surface area contributed by atoms with Gasteiger partial charge < -0.3 is 10.8 Å². The van der Waals surface area contributed by atoms with Gasteiger partial charge >= 0.3 is 0 Å². The summed E-state index contributed by atoms with van der Waals surface area (Å²) in [7, 11) is 2.03. The third-order valence-electron chi connectivity index (χ3n) is 2.58. The van der Waals surface area contributed by atoms with Crippen LogP contribution in [0.1, 0.15) is 33.1 Å². The fraction of sp³-hybridized carbons (Fsp3) is 1.00. The Kier molecular flexibility index (Phi) is 7.23. The van der Waals surface area contributed by atoms with E-state index in [0.717, 1.165) is 13.0 Å². The van der Waals surface area contributed by atoms with Crippen LogP contribution in [-0.4, -0.2) is 42.3 Å². The van der Waals surface area contributed by atoms with E-state index in [9.17, 15) is 5.11 Å².